The van der Waals surface area contributed by atoms with E-state index >= 15 is 0 Å². The van der Waals surface area contributed by atoms with Crippen LogP contribution in [0.15, 0.2) is 54.6 Å². The Labute approximate surface area is 169 Å². The van der Waals surface area contributed by atoms with Crippen molar-refractivity contribution >= 4 is 23.3 Å². The highest BCUT2D eigenvalue weighted by Gasteiger charge is 2.16. The molecule has 1 aliphatic rings. The minimum Gasteiger partial charge on any atom is -0.454 e. The fraction of sp³-hybridized carbons (Fsp3) is 0.182. The van der Waals surface area contributed by atoms with E-state index in [0.29, 0.717) is 16.4 Å². The Bertz CT molecular complexity index is 1000. The molecule has 2 aromatic carbocycles. The van der Waals surface area contributed by atoms with Gasteiger partial charge in [0, 0.05) is 11.3 Å². The van der Waals surface area contributed by atoms with Crippen LogP contribution in [0.4, 0.5) is 5.82 Å². The third kappa shape index (κ3) is 4.10. The van der Waals surface area contributed by atoms with Gasteiger partial charge < -0.3 is 14.8 Å². The largest absolute Gasteiger partial charge is 0.454 e. The molecule has 0 atom stereocenters. The summed E-state index contributed by atoms with van der Waals surface area (Å²) in [7, 11) is 0. The Morgan fingerprint density at radius 3 is 2.54 bits per heavy atom. The summed E-state index contributed by atoms with van der Waals surface area (Å²) < 4.78 is 10.8. The first-order valence-electron chi connectivity index (χ1n) is 9.05. The zero-order valence-corrected chi connectivity index (χ0v) is 16.7. The number of anilines is 1. The maximum Gasteiger partial charge on any atom is 0.258 e. The quantitative estimate of drug-likeness (QED) is 0.615. The van der Waals surface area contributed by atoms with Crippen molar-refractivity contribution in [3.8, 4) is 22.6 Å². The van der Waals surface area contributed by atoms with E-state index in [1.807, 2.05) is 45.0 Å². The fourth-order valence-corrected chi connectivity index (χ4v) is 3.05. The van der Waals surface area contributed by atoms with Gasteiger partial charge in [0.1, 0.15) is 5.82 Å². The molecule has 1 aliphatic heterocycles. The molecular weight excluding hydrogens is 376 g/mol. The molecule has 5 nitrogen and oxygen atoms in total. The van der Waals surface area contributed by atoms with Gasteiger partial charge in [-0.05, 0) is 48.9 Å². The van der Waals surface area contributed by atoms with E-state index in [4.69, 9.17) is 21.1 Å². The number of nitrogens with zero attached hydrogens (tertiary/aromatic N) is 1. The minimum absolute atomic E-state index is 0.239. The number of halogens is 1. The number of rotatable bonds is 3. The number of nitrogens with one attached hydrogen (secondary N) is 1. The Morgan fingerprint density at radius 2 is 1.79 bits per heavy atom. The molecule has 0 bridgehead atoms. The molecule has 0 aliphatic carbocycles. The molecule has 0 radical (unpaired) electrons. The molecule has 0 saturated carbocycles. The number of pyridine rings is 1. The van der Waals surface area contributed by atoms with E-state index in [0.717, 1.165) is 28.3 Å². The maximum absolute atomic E-state index is 12.4. The standard InChI is InChI=1S/C20H15ClN2O3.C2H6/c1-12-14(13-6-8-17-18(10-13)26-11-25-17)7-9-19(22-12)23-20(24)15-4-2-3-5-16(15)21;1-2/h2-10H,11H2,1H3,(H,22,23,24);1-2H3. The van der Waals surface area contributed by atoms with Crippen LogP contribution in [0.1, 0.15) is 29.9 Å². The predicted molar refractivity (Wildman–Crippen MR) is 111 cm³/mol. The first kappa shape index (κ1) is 19.7. The van der Waals surface area contributed by atoms with Gasteiger partial charge in [-0.15, -0.1) is 0 Å². The average molecular weight is 397 g/mol. The topological polar surface area (TPSA) is 60.5 Å². The number of carbonyl (C=O) groups excluding carboxylic acids is 1. The van der Waals surface area contributed by atoms with Gasteiger partial charge in [-0.3, -0.25) is 4.79 Å². The summed E-state index contributed by atoms with van der Waals surface area (Å²) in [6.07, 6.45) is 0. The van der Waals surface area contributed by atoms with Crippen molar-refractivity contribution in [3.63, 3.8) is 0 Å². The molecule has 0 spiro atoms. The molecule has 1 amide bonds. The smallest absolute Gasteiger partial charge is 0.258 e. The van der Waals surface area contributed by atoms with Gasteiger partial charge >= 0.3 is 0 Å². The van der Waals surface area contributed by atoms with Crippen LogP contribution in [-0.4, -0.2) is 17.7 Å². The third-order valence-electron chi connectivity index (χ3n) is 4.13. The number of aryl methyl sites for hydroxylation is 1. The molecule has 144 valence electrons. The lowest BCUT2D eigenvalue weighted by Gasteiger charge is -2.10. The Morgan fingerprint density at radius 1 is 1.04 bits per heavy atom. The van der Waals surface area contributed by atoms with E-state index in [-0.39, 0.29) is 12.7 Å². The van der Waals surface area contributed by atoms with Crippen molar-refractivity contribution in [2.75, 3.05) is 12.1 Å². The Kier molecular flexibility index (Phi) is 6.16. The monoisotopic (exact) mass is 396 g/mol. The molecule has 28 heavy (non-hydrogen) atoms. The lowest BCUT2D eigenvalue weighted by Crippen LogP contribution is -2.13. The van der Waals surface area contributed by atoms with Crippen molar-refractivity contribution in [3.05, 3.63) is 70.9 Å². The van der Waals surface area contributed by atoms with Gasteiger partial charge in [0.15, 0.2) is 11.5 Å². The van der Waals surface area contributed by atoms with E-state index in [9.17, 15) is 4.79 Å². The molecule has 6 heteroatoms. The van der Waals surface area contributed by atoms with Crippen LogP contribution in [0.25, 0.3) is 11.1 Å². The van der Waals surface area contributed by atoms with Gasteiger partial charge in [-0.1, -0.05) is 43.6 Å². The van der Waals surface area contributed by atoms with Gasteiger partial charge in [0.2, 0.25) is 6.79 Å². The molecular formula is C22H21ClN2O3. The lowest BCUT2D eigenvalue weighted by molar-refractivity contribution is 0.102. The first-order valence-corrected chi connectivity index (χ1v) is 9.43. The molecule has 1 N–H and O–H groups in total. The molecule has 2 heterocycles. The second kappa shape index (κ2) is 8.76. The van der Waals surface area contributed by atoms with Crippen molar-refractivity contribution in [2.45, 2.75) is 20.8 Å². The molecule has 0 fully saturated rings. The van der Waals surface area contributed by atoms with Crippen LogP contribution >= 0.6 is 11.6 Å². The Balaban J connectivity index is 0.00000109. The molecule has 4 rings (SSSR count). The van der Waals surface area contributed by atoms with E-state index in [1.54, 1.807) is 30.3 Å². The fourth-order valence-electron chi connectivity index (χ4n) is 2.83. The third-order valence-corrected chi connectivity index (χ3v) is 4.46. The zero-order chi connectivity index (χ0) is 20.1. The number of hydrogen-bond acceptors (Lipinski definition) is 4. The molecule has 0 unspecified atom stereocenters. The van der Waals surface area contributed by atoms with Gasteiger partial charge in [0.05, 0.1) is 10.6 Å². The van der Waals surface area contributed by atoms with Crippen LogP contribution < -0.4 is 14.8 Å². The number of ether oxygens (including phenoxy) is 2. The SMILES string of the molecule is CC.Cc1nc(NC(=O)c2ccccc2Cl)ccc1-c1ccc2c(c1)OCO2. The summed E-state index contributed by atoms with van der Waals surface area (Å²) in [5, 5.41) is 3.18. The molecule has 3 aromatic rings. The Hall–Kier alpha value is -3.05. The van der Waals surface area contributed by atoms with E-state index < -0.39 is 0 Å². The van der Waals surface area contributed by atoms with Crippen molar-refractivity contribution < 1.29 is 14.3 Å². The van der Waals surface area contributed by atoms with Crippen molar-refractivity contribution in [1.29, 1.82) is 0 Å². The number of carbonyl (C=O) groups is 1. The van der Waals surface area contributed by atoms with Crippen LogP contribution in [0.3, 0.4) is 0 Å². The van der Waals surface area contributed by atoms with Crippen LogP contribution in [-0.2, 0) is 0 Å². The summed E-state index contributed by atoms with van der Waals surface area (Å²) in [6.45, 7) is 6.13. The summed E-state index contributed by atoms with van der Waals surface area (Å²) >= 11 is 6.06. The number of fused-ring (bicyclic) bond motifs is 1. The number of hydrogen-bond donors (Lipinski definition) is 1. The number of amides is 1. The molecule has 1 aromatic heterocycles. The number of aromatic nitrogens is 1. The second-order valence-corrected chi connectivity index (χ2v) is 6.24. The van der Waals surface area contributed by atoms with Gasteiger partial charge in [0.25, 0.3) is 5.91 Å². The van der Waals surface area contributed by atoms with E-state index in [1.165, 1.54) is 0 Å². The predicted octanol–water partition coefficient (Wildman–Crippen LogP) is 5.72. The number of benzene rings is 2. The second-order valence-electron chi connectivity index (χ2n) is 5.83. The summed E-state index contributed by atoms with van der Waals surface area (Å²) in [5.41, 5.74) is 3.14. The normalized spacial score (nSPS) is 11.4. The van der Waals surface area contributed by atoms with Crippen molar-refractivity contribution in [2.24, 2.45) is 0 Å². The average Bonchev–Trinajstić information content (AvgIpc) is 3.18. The summed E-state index contributed by atoms with van der Waals surface area (Å²) in [4.78, 5) is 16.9. The summed E-state index contributed by atoms with van der Waals surface area (Å²) in [6, 6.07) is 16.3. The summed E-state index contributed by atoms with van der Waals surface area (Å²) in [5.74, 6) is 1.64. The first-order chi connectivity index (χ1) is 13.6. The van der Waals surface area contributed by atoms with Gasteiger partial charge in [-0.2, -0.15) is 0 Å². The highest BCUT2D eigenvalue weighted by molar-refractivity contribution is 6.34. The van der Waals surface area contributed by atoms with Crippen molar-refractivity contribution in [1.82, 2.24) is 4.98 Å². The van der Waals surface area contributed by atoms with Crippen LogP contribution in [0.2, 0.25) is 5.02 Å². The molecule has 0 saturated heterocycles. The highest BCUT2D eigenvalue weighted by Crippen LogP contribution is 2.36. The van der Waals surface area contributed by atoms with Crippen LogP contribution in [0, 0.1) is 6.92 Å². The minimum atomic E-state index is -0.293. The van der Waals surface area contributed by atoms with E-state index in [2.05, 4.69) is 10.3 Å². The van der Waals surface area contributed by atoms with Gasteiger partial charge in [-0.25, -0.2) is 4.98 Å². The zero-order valence-electron chi connectivity index (χ0n) is 16.0. The highest BCUT2D eigenvalue weighted by atomic mass is 35.5. The lowest BCUT2D eigenvalue weighted by atomic mass is 10.0. The van der Waals surface area contributed by atoms with Crippen LogP contribution in [0.5, 0.6) is 11.5 Å². The maximum atomic E-state index is 12.4.